The number of hydrogen-bond acceptors (Lipinski definition) is 7. The van der Waals surface area contributed by atoms with Crippen LogP contribution in [0.25, 0.3) is 22.6 Å². The van der Waals surface area contributed by atoms with Crippen LogP contribution in [0.15, 0.2) is 60.8 Å². The van der Waals surface area contributed by atoms with E-state index < -0.39 is 23.7 Å². The van der Waals surface area contributed by atoms with Crippen molar-refractivity contribution in [2.45, 2.75) is 18.6 Å². The minimum Gasteiger partial charge on any atom is -0.457 e. The third-order valence-corrected chi connectivity index (χ3v) is 6.10. The summed E-state index contributed by atoms with van der Waals surface area (Å²) in [6.07, 6.45) is -2.32. The van der Waals surface area contributed by atoms with E-state index >= 15 is 0 Å². The highest BCUT2D eigenvalue weighted by molar-refractivity contribution is 5.93. The van der Waals surface area contributed by atoms with Gasteiger partial charge in [-0.25, -0.2) is 9.97 Å². The number of nitrogens with zero attached hydrogens (tertiary/aromatic N) is 4. The van der Waals surface area contributed by atoms with Crippen LogP contribution in [0.2, 0.25) is 0 Å². The predicted molar refractivity (Wildman–Crippen MR) is 135 cm³/mol. The molecule has 39 heavy (non-hydrogen) atoms. The molecule has 5 rings (SSSR count). The SMILES string of the molecule is Cn1nccc1-c1cc(Oc2ccc(C(F)(F)F)cc2)ccc1-c1nc(N[C@H]2CCNC2=O)cc(C(N)=O)n1. The van der Waals surface area contributed by atoms with Gasteiger partial charge in [0.05, 0.1) is 11.3 Å². The van der Waals surface area contributed by atoms with Gasteiger partial charge in [-0.3, -0.25) is 14.3 Å². The number of anilines is 1. The van der Waals surface area contributed by atoms with Crippen LogP contribution in [0.3, 0.4) is 0 Å². The molecule has 3 heterocycles. The largest absolute Gasteiger partial charge is 0.457 e. The Bertz CT molecular complexity index is 1550. The quantitative estimate of drug-likeness (QED) is 0.327. The van der Waals surface area contributed by atoms with E-state index in [0.717, 1.165) is 12.1 Å². The fourth-order valence-electron chi connectivity index (χ4n) is 4.16. The molecule has 1 aliphatic rings. The summed E-state index contributed by atoms with van der Waals surface area (Å²) in [4.78, 5) is 33.0. The average molecular weight is 538 g/mol. The Labute approximate surface area is 220 Å². The van der Waals surface area contributed by atoms with Gasteiger partial charge in [-0.05, 0) is 55.0 Å². The van der Waals surface area contributed by atoms with Crippen LogP contribution in [-0.4, -0.2) is 44.1 Å². The number of primary amides is 1. The topological polar surface area (TPSA) is 137 Å². The Balaban J connectivity index is 1.55. The lowest BCUT2D eigenvalue weighted by Crippen LogP contribution is -2.30. The molecule has 2 aromatic carbocycles. The number of carbonyl (C=O) groups is 2. The van der Waals surface area contributed by atoms with Crippen LogP contribution in [-0.2, 0) is 18.0 Å². The number of rotatable bonds is 7. The highest BCUT2D eigenvalue weighted by atomic mass is 19.4. The summed E-state index contributed by atoms with van der Waals surface area (Å²) in [5, 5.41) is 9.97. The van der Waals surface area contributed by atoms with Gasteiger partial charge in [-0.15, -0.1) is 0 Å². The third-order valence-electron chi connectivity index (χ3n) is 6.10. The Hall–Kier alpha value is -4.94. The maximum Gasteiger partial charge on any atom is 0.416 e. The average Bonchev–Trinajstić information content (AvgIpc) is 3.51. The summed E-state index contributed by atoms with van der Waals surface area (Å²) in [5.41, 5.74) is 6.42. The zero-order valence-corrected chi connectivity index (χ0v) is 20.5. The van der Waals surface area contributed by atoms with Crippen molar-refractivity contribution in [1.82, 2.24) is 25.1 Å². The number of alkyl halides is 3. The number of aryl methyl sites for hydroxylation is 1. The van der Waals surface area contributed by atoms with Crippen molar-refractivity contribution in [2.24, 2.45) is 12.8 Å². The molecule has 1 saturated heterocycles. The molecule has 1 atom stereocenters. The van der Waals surface area contributed by atoms with E-state index in [1.807, 2.05) is 0 Å². The number of amides is 2. The number of hydrogen-bond donors (Lipinski definition) is 3. The summed E-state index contributed by atoms with van der Waals surface area (Å²) in [6.45, 7) is 0.516. The standard InChI is InChI=1S/C26H22F3N7O3/c1-36-21(9-11-32-36)18-12-16(39-15-4-2-14(3-5-15)26(27,28)29)6-7-17(18)24-34-20(23(30)37)13-22(35-24)33-19-8-10-31-25(19)38/h2-7,9,11-13,19H,8,10H2,1H3,(H2,30,37)(H,31,38)(H,33,34,35)/t19-/m0/s1. The molecule has 1 fully saturated rings. The summed E-state index contributed by atoms with van der Waals surface area (Å²) in [6, 6.07) is 11.9. The molecule has 0 unspecified atom stereocenters. The van der Waals surface area contributed by atoms with Gasteiger partial charge in [0.15, 0.2) is 5.82 Å². The highest BCUT2D eigenvalue weighted by Crippen LogP contribution is 2.36. The van der Waals surface area contributed by atoms with E-state index in [1.165, 1.54) is 18.2 Å². The minimum absolute atomic E-state index is 0.0538. The number of benzene rings is 2. The number of nitrogens with one attached hydrogen (secondary N) is 2. The van der Waals surface area contributed by atoms with Crippen molar-refractivity contribution in [3.63, 3.8) is 0 Å². The highest BCUT2D eigenvalue weighted by Gasteiger charge is 2.30. The maximum absolute atomic E-state index is 12.9. The molecule has 4 N–H and O–H groups in total. The van der Waals surface area contributed by atoms with Crippen LogP contribution in [0.4, 0.5) is 19.0 Å². The maximum atomic E-state index is 12.9. The molecule has 2 amide bonds. The lowest BCUT2D eigenvalue weighted by Gasteiger charge is -2.15. The molecule has 2 aromatic heterocycles. The zero-order chi connectivity index (χ0) is 27.7. The molecule has 1 aliphatic heterocycles. The smallest absolute Gasteiger partial charge is 0.416 e. The fourth-order valence-corrected chi connectivity index (χ4v) is 4.16. The van der Waals surface area contributed by atoms with Gasteiger partial charge >= 0.3 is 6.18 Å². The van der Waals surface area contributed by atoms with Crippen molar-refractivity contribution < 1.29 is 27.5 Å². The second-order valence-corrected chi connectivity index (χ2v) is 8.77. The number of ether oxygens (including phenoxy) is 1. The molecule has 10 nitrogen and oxygen atoms in total. The number of carbonyl (C=O) groups excluding carboxylic acids is 2. The summed E-state index contributed by atoms with van der Waals surface area (Å²) >= 11 is 0. The lowest BCUT2D eigenvalue weighted by molar-refractivity contribution is -0.137. The molecular formula is C26H22F3N7O3. The van der Waals surface area contributed by atoms with Gasteiger partial charge in [0.2, 0.25) is 5.91 Å². The second kappa shape index (κ2) is 10.1. The van der Waals surface area contributed by atoms with Crippen molar-refractivity contribution in [3.8, 4) is 34.1 Å². The molecule has 13 heteroatoms. The molecule has 0 bridgehead atoms. The van der Waals surface area contributed by atoms with E-state index in [-0.39, 0.29) is 29.0 Å². The van der Waals surface area contributed by atoms with Crippen molar-refractivity contribution in [3.05, 3.63) is 72.1 Å². The van der Waals surface area contributed by atoms with Crippen LogP contribution in [0.5, 0.6) is 11.5 Å². The van der Waals surface area contributed by atoms with Crippen LogP contribution >= 0.6 is 0 Å². The van der Waals surface area contributed by atoms with Crippen LogP contribution < -0.4 is 21.1 Å². The molecule has 4 aromatic rings. The number of halogens is 3. The van der Waals surface area contributed by atoms with Crippen molar-refractivity contribution in [2.75, 3.05) is 11.9 Å². The van der Waals surface area contributed by atoms with Crippen LogP contribution in [0, 0.1) is 0 Å². The molecular weight excluding hydrogens is 515 g/mol. The lowest BCUT2D eigenvalue weighted by atomic mass is 10.0. The van der Waals surface area contributed by atoms with Crippen molar-refractivity contribution >= 4 is 17.6 Å². The third kappa shape index (κ3) is 5.51. The first-order chi connectivity index (χ1) is 18.6. The zero-order valence-electron chi connectivity index (χ0n) is 20.5. The Morgan fingerprint density at radius 2 is 1.82 bits per heavy atom. The summed E-state index contributed by atoms with van der Waals surface area (Å²) < 4.78 is 46.2. The first-order valence-electron chi connectivity index (χ1n) is 11.8. The monoisotopic (exact) mass is 537 g/mol. The number of nitrogens with two attached hydrogens (primary N) is 1. The first-order valence-corrected chi connectivity index (χ1v) is 11.8. The second-order valence-electron chi connectivity index (χ2n) is 8.77. The summed E-state index contributed by atoms with van der Waals surface area (Å²) in [7, 11) is 1.73. The molecule has 0 aliphatic carbocycles. The normalized spacial score (nSPS) is 15.2. The molecule has 0 saturated carbocycles. The van der Waals surface area contributed by atoms with E-state index in [9.17, 15) is 22.8 Å². The summed E-state index contributed by atoms with van der Waals surface area (Å²) in [5.74, 6) is -0.0128. The molecule has 200 valence electrons. The van der Waals surface area contributed by atoms with Crippen molar-refractivity contribution in [1.29, 1.82) is 0 Å². The van der Waals surface area contributed by atoms with Gasteiger partial charge in [0, 0.05) is 37.0 Å². The van der Waals surface area contributed by atoms with Gasteiger partial charge < -0.3 is 21.1 Å². The van der Waals surface area contributed by atoms with E-state index in [1.54, 1.807) is 42.2 Å². The predicted octanol–water partition coefficient (Wildman–Crippen LogP) is 3.75. The Morgan fingerprint density at radius 3 is 2.44 bits per heavy atom. The van der Waals surface area contributed by atoms with Crippen LogP contribution in [0.1, 0.15) is 22.5 Å². The van der Waals surface area contributed by atoms with E-state index in [2.05, 4.69) is 25.7 Å². The van der Waals surface area contributed by atoms with Gasteiger partial charge in [0.1, 0.15) is 29.1 Å². The number of aromatic nitrogens is 4. The Kier molecular flexibility index (Phi) is 6.64. The fraction of sp³-hybridized carbons (Fsp3) is 0.192. The van der Waals surface area contributed by atoms with E-state index in [4.69, 9.17) is 10.5 Å². The van der Waals surface area contributed by atoms with Gasteiger partial charge in [-0.1, -0.05) is 0 Å². The molecule has 0 radical (unpaired) electrons. The Morgan fingerprint density at radius 1 is 1.08 bits per heavy atom. The molecule has 0 spiro atoms. The van der Waals surface area contributed by atoms with Gasteiger partial charge in [-0.2, -0.15) is 18.3 Å². The van der Waals surface area contributed by atoms with E-state index in [0.29, 0.717) is 35.5 Å². The first kappa shape index (κ1) is 25.7. The van der Waals surface area contributed by atoms with Gasteiger partial charge in [0.25, 0.3) is 5.91 Å². The minimum atomic E-state index is -4.46.